The molecule has 0 bridgehead atoms. The van der Waals surface area contributed by atoms with E-state index in [-0.39, 0.29) is 36.8 Å². The molecule has 6 heteroatoms. The Hall–Kier alpha value is -2.21. The van der Waals surface area contributed by atoms with Gasteiger partial charge in [-0.15, -0.1) is 0 Å². The molecule has 1 aromatic rings. The number of hydrogen-bond acceptors (Lipinski definition) is 4. The van der Waals surface area contributed by atoms with Crippen molar-refractivity contribution < 1.29 is 19.2 Å². The van der Waals surface area contributed by atoms with Gasteiger partial charge in [0.15, 0.2) is 0 Å². The highest BCUT2D eigenvalue weighted by Crippen LogP contribution is 2.37. The zero-order chi connectivity index (χ0) is 16.2. The van der Waals surface area contributed by atoms with Crippen LogP contribution in [-0.2, 0) is 25.8 Å². The van der Waals surface area contributed by atoms with Crippen LogP contribution in [0, 0.1) is 11.8 Å². The molecule has 1 N–H and O–H groups in total. The number of likely N-dealkylation sites (tertiary alicyclic amines) is 1. The summed E-state index contributed by atoms with van der Waals surface area (Å²) in [6.07, 6.45) is 3.44. The molecular weight excluding hydrogens is 296 g/mol. The molecule has 2 atom stereocenters. The lowest BCUT2D eigenvalue weighted by atomic mass is 9.81. The number of benzene rings is 1. The van der Waals surface area contributed by atoms with Crippen LogP contribution < -0.4 is 5.48 Å². The summed E-state index contributed by atoms with van der Waals surface area (Å²) >= 11 is 0. The number of hydroxylamine groups is 1. The van der Waals surface area contributed by atoms with Gasteiger partial charge in [0.05, 0.1) is 18.4 Å². The molecule has 1 saturated carbocycles. The van der Waals surface area contributed by atoms with Crippen molar-refractivity contribution in [3.63, 3.8) is 0 Å². The number of nitrogens with one attached hydrogen (secondary N) is 1. The molecule has 1 aromatic carbocycles. The molecule has 3 rings (SSSR count). The van der Waals surface area contributed by atoms with Crippen LogP contribution in [-0.4, -0.2) is 29.2 Å². The van der Waals surface area contributed by atoms with Crippen LogP contribution in [0.5, 0.6) is 0 Å². The number of imide groups is 1. The fraction of sp³-hybridized carbons (Fsp3) is 0.471. The topological polar surface area (TPSA) is 75.7 Å². The minimum Gasteiger partial charge on any atom is -0.274 e. The minimum absolute atomic E-state index is 0.210. The first-order valence-electron chi connectivity index (χ1n) is 7.96. The molecule has 6 nitrogen and oxygen atoms in total. The van der Waals surface area contributed by atoms with Crippen LogP contribution in [0.3, 0.4) is 0 Å². The average molecular weight is 316 g/mol. The molecule has 1 heterocycles. The summed E-state index contributed by atoms with van der Waals surface area (Å²) in [4.78, 5) is 42.7. The highest BCUT2D eigenvalue weighted by molar-refractivity contribution is 6.07. The predicted octanol–water partition coefficient (Wildman–Crippen LogP) is 1.41. The summed E-state index contributed by atoms with van der Waals surface area (Å²) < 4.78 is 0. The van der Waals surface area contributed by atoms with Crippen LogP contribution in [0.2, 0.25) is 0 Å². The Labute approximate surface area is 134 Å². The second kappa shape index (κ2) is 6.91. The number of carbonyl (C=O) groups is 3. The third-order valence-corrected chi connectivity index (χ3v) is 4.50. The van der Waals surface area contributed by atoms with E-state index in [0.29, 0.717) is 0 Å². The second-order valence-electron chi connectivity index (χ2n) is 6.06. The Bertz CT molecular complexity index is 578. The van der Waals surface area contributed by atoms with Gasteiger partial charge in [-0.2, -0.15) is 0 Å². The maximum Gasteiger partial charge on any atom is 0.263 e. The van der Waals surface area contributed by atoms with E-state index in [9.17, 15) is 14.4 Å². The van der Waals surface area contributed by atoms with Crippen molar-refractivity contribution in [1.82, 2.24) is 10.4 Å². The van der Waals surface area contributed by atoms with Crippen LogP contribution >= 0.6 is 0 Å². The van der Waals surface area contributed by atoms with E-state index < -0.39 is 5.91 Å². The van der Waals surface area contributed by atoms with E-state index in [1.165, 1.54) is 0 Å². The van der Waals surface area contributed by atoms with Crippen molar-refractivity contribution in [3.8, 4) is 0 Å². The number of fused-ring (bicyclic) bond motifs is 1. The maximum absolute atomic E-state index is 12.3. The quantitative estimate of drug-likeness (QED) is 0.658. The van der Waals surface area contributed by atoms with E-state index >= 15 is 0 Å². The minimum atomic E-state index is -0.485. The molecule has 0 spiro atoms. The van der Waals surface area contributed by atoms with E-state index in [4.69, 9.17) is 4.84 Å². The molecule has 0 unspecified atom stereocenters. The third kappa shape index (κ3) is 3.42. The van der Waals surface area contributed by atoms with Gasteiger partial charge in [0.25, 0.3) is 5.91 Å². The summed E-state index contributed by atoms with van der Waals surface area (Å²) in [6.45, 7) is -0.0286. The zero-order valence-corrected chi connectivity index (χ0v) is 12.9. The maximum atomic E-state index is 12.3. The molecule has 122 valence electrons. The van der Waals surface area contributed by atoms with Gasteiger partial charge in [-0.3, -0.25) is 24.1 Å². The molecule has 23 heavy (non-hydrogen) atoms. The van der Waals surface area contributed by atoms with Crippen LogP contribution in [0.15, 0.2) is 30.3 Å². The van der Waals surface area contributed by atoms with Gasteiger partial charge in [-0.1, -0.05) is 43.2 Å². The lowest BCUT2D eigenvalue weighted by molar-refractivity contribution is -0.147. The van der Waals surface area contributed by atoms with Crippen molar-refractivity contribution in [2.45, 2.75) is 32.3 Å². The van der Waals surface area contributed by atoms with E-state index in [1.54, 1.807) is 0 Å². The lowest BCUT2D eigenvalue weighted by Crippen LogP contribution is -2.41. The SMILES string of the molecule is O=C(CN1C(=O)[C@H]2CCCC[C@H]2C1=O)NOCc1ccccc1. The van der Waals surface area contributed by atoms with Crippen molar-refractivity contribution in [2.24, 2.45) is 11.8 Å². The summed E-state index contributed by atoms with van der Waals surface area (Å²) in [5, 5.41) is 0. The van der Waals surface area contributed by atoms with Gasteiger partial charge < -0.3 is 0 Å². The number of amides is 3. The average Bonchev–Trinajstić information content (AvgIpc) is 2.81. The summed E-state index contributed by atoms with van der Waals surface area (Å²) in [6, 6.07) is 9.41. The standard InChI is InChI=1S/C17H20N2O4/c20-15(18-23-11-12-6-2-1-3-7-12)10-19-16(21)13-8-4-5-9-14(13)17(19)22/h1-3,6-7,13-14H,4-5,8-11H2,(H,18,20)/t13-,14+. The lowest BCUT2D eigenvalue weighted by Gasteiger charge is -2.19. The molecule has 1 aliphatic carbocycles. The van der Waals surface area contributed by atoms with E-state index in [2.05, 4.69) is 5.48 Å². The summed E-state index contributed by atoms with van der Waals surface area (Å²) in [5.41, 5.74) is 3.22. The Morgan fingerprint density at radius 3 is 2.30 bits per heavy atom. The van der Waals surface area contributed by atoms with Gasteiger partial charge >= 0.3 is 0 Å². The van der Waals surface area contributed by atoms with Gasteiger partial charge in [-0.05, 0) is 18.4 Å². The second-order valence-corrected chi connectivity index (χ2v) is 6.06. The first kappa shape index (κ1) is 15.7. The third-order valence-electron chi connectivity index (χ3n) is 4.50. The molecule has 0 radical (unpaired) electrons. The van der Waals surface area contributed by atoms with Crippen molar-refractivity contribution in [2.75, 3.05) is 6.54 Å². The van der Waals surface area contributed by atoms with Gasteiger partial charge in [-0.25, -0.2) is 5.48 Å². The molecule has 2 fully saturated rings. The van der Waals surface area contributed by atoms with Gasteiger partial charge in [0.1, 0.15) is 6.54 Å². The summed E-state index contributed by atoms with van der Waals surface area (Å²) in [5.74, 6) is -1.36. The van der Waals surface area contributed by atoms with E-state index in [1.807, 2.05) is 30.3 Å². The molecule has 3 amide bonds. The van der Waals surface area contributed by atoms with Gasteiger partial charge in [0, 0.05) is 0 Å². The highest BCUT2D eigenvalue weighted by Gasteiger charge is 2.48. The fourth-order valence-corrected chi connectivity index (χ4v) is 3.34. The number of carbonyl (C=O) groups excluding carboxylic acids is 3. The van der Waals surface area contributed by atoms with Crippen molar-refractivity contribution in [3.05, 3.63) is 35.9 Å². The highest BCUT2D eigenvalue weighted by atomic mass is 16.6. The number of rotatable bonds is 5. The van der Waals surface area contributed by atoms with Crippen molar-refractivity contribution >= 4 is 17.7 Å². The Morgan fingerprint density at radius 1 is 1.09 bits per heavy atom. The zero-order valence-electron chi connectivity index (χ0n) is 12.9. The van der Waals surface area contributed by atoms with Crippen LogP contribution in [0.4, 0.5) is 0 Å². The smallest absolute Gasteiger partial charge is 0.263 e. The fourth-order valence-electron chi connectivity index (χ4n) is 3.34. The summed E-state index contributed by atoms with van der Waals surface area (Å²) in [7, 11) is 0. The molecule has 0 aromatic heterocycles. The predicted molar refractivity (Wildman–Crippen MR) is 81.5 cm³/mol. The Kier molecular flexibility index (Phi) is 4.71. The largest absolute Gasteiger partial charge is 0.274 e. The number of nitrogens with zero attached hydrogens (tertiary/aromatic N) is 1. The molecular formula is C17H20N2O4. The van der Waals surface area contributed by atoms with Crippen molar-refractivity contribution in [1.29, 1.82) is 0 Å². The van der Waals surface area contributed by atoms with Gasteiger partial charge in [0.2, 0.25) is 11.8 Å². The first-order chi connectivity index (χ1) is 11.2. The first-order valence-corrected chi connectivity index (χ1v) is 7.96. The Balaban J connectivity index is 1.49. The molecule has 1 aliphatic heterocycles. The molecule has 1 saturated heterocycles. The van der Waals surface area contributed by atoms with E-state index in [0.717, 1.165) is 36.1 Å². The molecule has 2 aliphatic rings. The van der Waals surface area contributed by atoms with Crippen LogP contribution in [0.1, 0.15) is 31.2 Å². The monoisotopic (exact) mass is 316 g/mol. The Morgan fingerprint density at radius 2 is 1.70 bits per heavy atom. The normalized spacial score (nSPS) is 23.7. The number of hydrogen-bond donors (Lipinski definition) is 1. The van der Waals surface area contributed by atoms with Crippen LogP contribution in [0.25, 0.3) is 0 Å².